The third-order valence-corrected chi connectivity index (χ3v) is 5.66. The number of aryl methyl sites for hydroxylation is 1. The first-order valence-electron chi connectivity index (χ1n) is 9.50. The van der Waals surface area contributed by atoms with Crippen LogP contribution in [-0.4, -0.2) is 0 Å². The maximum Gasteiger partial charge on any atom is 0.0217 e. The maximum absolute atomic E-state index is 2.40. The molecular weight excluding hydrogens is 276 g/mol. The number of unbranched alkanes of at least 4 members (excludes halogenated alkanes) is 2. The van der Waals surface area contributed by atoms with Gasteiger partial charge in [0.05, 0.1) is 0 Å². The van der Waals surface area contributed by atoms with E-state index in [0.29, 0.717) is 0 Å². The van der Waals surface area contributed by atoms with Gasteiger partial charge in [0.2, 0.25) is 0 Å². The fourth-order valence-electron chi connectivity index (χ4n) is 4.56. The van der Waals surface area contributed by atoms with E-state index in [1.165, 1.54) is 49.7 Å². The van der Waals surface area contributed by atoms with Gasteiger partial charge in [0.1, 0.15) is 0 Å². The first-order valence-corrected chi connectivity index (χ1v) is 9.50. The minimum Gasteiger partial charge on any atom is -0.0654 e. The van der Waals surface area contributed by atoms with Crippen molar-refractivity contribution in [2.45, 2.75) is 71.1 Å². The fraction of sp³-hybridized carbons (Fsp3) is 0.478. The predicted molar refractivity (Wildman–Crippen MR) is 101 cm³/mol. The van der Waals surface area contributed by atoms with Gasteiger partial charge in [-0.3, -0.25) is 0 Å². The van der Waals surface area contributed by atoms with Crippen LogP contribution in [0.15, 0.2) is 42.5 Å². The van der Waals surface area contributed by atoms with Crippen molar-refractivity contribution in [1.82, 2.24) is 0 Å². The van der Waals surface area contributed by atoms with Crippen LogP contribution in [-0.2, 0) is 11.8 Å². The van der Waals surface area contributed by atoms with E-state index in [-0.39, 0.29) is 5.41 Å². The summed E-state index contributed by atoms with van der Waals surface area (Å²) in [7, 11) is 0. The maximum atomic E-state index is 2.40. The summed E-state index contributed by atoms with van der Waals surface area (Å²) in [4.78, 5) is 0. The van der Waals surface area contributed by atoms with E-state index < -0.39 is 0 Å². The second-order valence-corrected chi connectivity index (χ2v) is 7.03. The Kier molecular flexibility index (Phi) is 4.90. The van der Waals surface area contributed by atoms with Gasteiger partial charge >= 0.3 is 0 Å². The molecule has 0 atom stereocenters. The van der Waals surface area contributed by atoms with Gasteiger partial charge in [0, 0.05) is 5.41 Å². The molecule has 0 heteroatoms. The average molecular weight is 306 g/mol. The molecule has 0 saturated heterocycles. The summed E-state index contributed by atoms with van der Waals surface area (Å²) in [5, 5.41) is 0. The second-order valence-electron chi connectivity index (χ2n) is 7.03. The van der Waals surface area contributed by atoms with Gasteiger partial charge in [-0.25, -0.2) is 0 Å². The highest BCUT2D eigenvalue weighted by Gasteiger charge is 2.42. The predicted octanol–water partition coefficient (Wildman–Crippen LogP) is 6.90. The molecule has 0 spiro atoms. The smallest absolute Gasteiger partial charge is 0.0217 e. The van der Waals surface area contributed by atoms with Crippen molar-refractivity contribution in [2.75, 3.05) is 0 Å². The zero-order valence-corrected chi connectivity index (χ0v) is 15.0. The van der Waals surface area contributed by atoms with Gasteiger partial charge in [-0.15, -0.1) is 0 Å². The molecular formula is C23H30. The Balaban J connectivity index is 2.24. The lowest BCUT2D eigenvalue weighted by Gasteiger charge is -2.34. The molecule has 0 N–H and O–H groups in total. The Hall–Kier alpha value is -1.56. The van der Waals surface area contributed by atoms with Crippen LogP contribution >= 0.6 is 0 Å². The van der Waals surface area contributed by atoms with Gasteiger partial charge in [0.15, 0.2) is 0 Å². The molecule has 0 unspecified atom stereocenters. The molecule has 1 aliphatic rings. The van der Waals surface area contributed by atoms with Crippen molar-refractivity contribution in [3.05, 3.63) is 59.2 Å². The van der Waals surface area contributed by atoms with Crippen molar-refractivity contribution < 1.29 is 0 Å². The van der Waals surface area contributed by atoms with Crippen LogP contribution in [0.5, 0.6) is 0 Å². The highest BCUT2D eigenvalue weighted by atomic mass is 14.5. The molecule has 1 aliphatic carbocycles. The Labute approximate surface area is 141 Å². The molecule has 0 aliphatic heterocycles. The normalized spacial score (nSPS) is 14.6. The van der Waals surface area contributed by atoms with Crippen LogP contribution in [0.25, 0.3) is 11.1 Å². The lowest BCUT2D eigenvalue weighted by molar-refractivity contribution is 0.412. The van der Waals surface area contributed by atoms with Crippen LogP contribution in [0.2, 0.25) is 0 Å². The lowest BCUT2D eigenvalue weighted by atomic mass is 9.69. The fourth-order valence-corrected chi connectivity index (χ4v) is 4.56. The van der Waals surface area contributed by atoms with Crippen molar-refractivity contribution in [1.29, 1.82) is 0 Å². The van der Waals surface area contributed by atoms with Gasteiger partial charge < -0.3 is 0 Å². The lowest BCUT2D eigenvalue weighted by Crippen LogP contribution is -2.26. The minimum absolute atomic E-state index is 0.255. The summed E-state index contributed by atoms with van der Waals surface area (Å²) >= 11 is 0. The number of benzene rings is 2. The summed E-state index contributed by atoms with van der Waals surface area (Å²) in [5.41, 5.74) is 8.07. The third kappa shape index (κ3) is 2.63. The van der Waals surface area contributed by atoms with Crippen LogP contribution in [0.1, 0.15) is 76.0 Å². The van der Waals surface area contributed by atoms with E-state index in [0.717, 1.165) is 6.42 Å². The molecule has 0 bridgehead atoms. The average Bonchev–Trinajstić information content (AvgIpc) is 2.89. The molecule has 23 heavy (non-hydrogen) atoms. The molecule has 0 radical (unpaired) electrons. The zero-order chi connectivity index (χ0) is 16.3. The Bertz CT molecular complexity index is 657. The number of rotatable bonds is 7. The Morgan fingerprint density at radius 2 is 1.39 bits per heavy atom. The number of hydrogen-bond donors (Lipinski definition) is 0. The molecule has 0 saturated carbocycles. The molecule has 3 rings (SSSR count). The molecule has 0 heterocycles. The highest BCUT2D eigenvalue weighted by molar-refractivity contribution is 5.82. The number of fused-ring (bicyclic) bond motifs is 3. The van der Waals surface area contributed by atoms with Gasteiger partial charge in [-0.05, 0) is 47.1 Å². The molecule has 0 amide bonds. The van der Waals surface area contributed by atoms with Crippen LogP contribution in [0.4, 0.5) is 0 Å². The van der Waals surface area contributed by atoms with Crippen molar-refractivity contribution in [3.63, 3.8) is 0 Å². The van der Waals surface area contributed by atoms with Crippen LogP contribution < -0.4 is 0 Å². The summed E-state index contributed by atoms with van der Waals surface area (Å²) in [6.07, 6.45) is 8.91. The molecule has 122 valence electrons. The zero-order valence-electron chi connectivity index (χ0n) is 15.0. The molecule has 0 fully saturated rings. The SMILES string of the molecule is CCCCC1(CCCC)c2ccccc2-c2cccc(CC)c21. The summed E-state index contributed by atoms with van der Waals surface area (Å²) in [5.74, 6) is 0. The standard InChI is InChI=1S/C23H30/c1-4-7-16-23(17-8-5-2)21-15-10-9-13-19(21)20-14-11-12-18(6-3)22(20)23/h9-15H,4-8,16-17H2,1-3H3. The summed E-state index contributed by atoms with van der Waals surface area (Å²) in [6, 6.07) is 16.2. The minimum atomic E-state index is 0.255. The van der Waals surface area contributed by atoms with Crippen molar-refractivity contribution >= 4 is 0 Å². The summed E-state index contributed by atoms with van der Waals surface area (Å²) in [6.45, 7) is 6.95. The first-order chi connectivity index (χ1) is 11.3. The highest BCUT2D eigenvalue weighted by Crippen LogP contribution is 2.55. The molecule has 2 aromatic rings. The van der Waals surface area contributed by atoms with Crippen molar-refractivity contribution in [3.8, 4) is 11.1 Å². The second kappa shape index (κ2) is 6.91. The van der Waals surface area contributed by atoms with Gasteiger partial charge in [0.25, 0.3) is 0 Å². The van der Waals surface area contributed by atoms with E-state index >= 15 is 0 Å². The van der Waals surface area contributed by atoms with Crippen LogP contribution in [0.3, 0.4) is 0 Å². The Morgan fingerprint density at radius 1 is 0.739 bits per heavy atom. The van der Waals surface area contributed by atoms with E-state index in [9.17, 15) is 0 Å². The number of hydrogen-bond acceptors (Lipinski definition) is 0. The molecule has 2 aromatic carbocycles. The van der Waals surface area contributed by atoms with Crippen LogP contribution in [0, 0.1) is 0 Å². The molecule has 0 nitrogen and oxygen atoms in total. The van der Waals surface area contributed by atoms with E-state index in [1.54, 1.807) is 16.7 Å². The quantitative estimate of drug-likeness (QED) is 0.522. The van der Waals surface area contributed by atoms with E-state index in [1.807, 2.05) is 0 Å². The van der Waals surface area contributed by atoms with Gasteiger partial charge in [-0.1, -0.05) is 88.9 Å². The van der Waals surface area contributed by atoms with Crippen molar-refractivity contribution in [2.24, 2.45) is 0 Å². The van der Waals surface area contributed by atoms with Gasteiger partial charge in [-0.2, -0.15) is 0 Å². The molecule has 0 aromatic heterocycles. The summed E-state index contributed by atoms with van der Waals surface area (Å²) < 4.78 is 0. The first kappa shape index (κ1) is 16.3. The third-order valence-electron chi connectivity index (χ3n) is 5.66. The van der Waals surface area contributed by atoms with E-state index in [2.05, 4.69) is 63.2 Å². The topological polar surface area (TPSA) is 0 Å². The largest absolute Gasteiger partial charge is 0.0654 e. The van der Waals surface area contributed by atoms with E-state index in [4.69, 9.17) is 0 Å². The Morgan fingerprint density at radius 3 is 2.04 bits per heavy atom. The monoisotopic (exact) mass is 306 g/mol.